The van der Waals surface area contributed by atoms with Crippen molar-refractivity contribution >= 4 is 21.6 Å². The normalized spacial score (nSPS) is 18.8. The average Bonchev–Trinajstić information content (AvgIpc) is 3.37. The van der Waals surface area contributed by atoms with Crippen molar-refractivity contribution in [1.82, 2.24) is 4.31 Å². The van der Waals surface area contributed by atoms with E-state index in [2.05, 4.69) is 0 Å². The first kappa shape index (κ1) is 16.5. The summed E-state index contributed by atoms with van der Waals surface area (Å²) in [6, 6.07) is 15.4. The van der Waals surface area contributed by atoms with Gasteiger partial charge in [0.1, 0.15) is 0 Å². The fraction of sp³-hybridized carbons (Fsp3) is 0.294. The molecule has 0 spiro atoms. The van der Waals surface area contributed by atoms with Crippen LogP contribution >= 0.6 is 11.6 Å². The van der Waals surface area contributed by atoms with Crippen molar-refractivity contribution in [3.8, 4) is 0 Å². The molecule has 2 aromatic carbocycles. The van der Waals surface area contributed by atoms with E-state index < -0.39 is 10.0 Å². The van der Waals surface area contributed by atoms with Crippen LogP contribution in [0.25, 0.3) is 0 Å². The van der Waals surface area contributed by atoms with E-state index in [-0.39, 0.29) is 17.0 Å². The molecule has 2 aromatic rings. The third-order valence-corrected chi connectivity index (χ3v) is 6.08. The molecular weight excluding hydrogens is 334 g/mol. The molecule has 4 nitrogen and oxygen atoms in total. The minimum atomic E-state index is -3.61. The zero-order valence-corrected chi connectivity index (χ0v) is 14.3. The number of rotatable bonds is 6. The Labute approximate surface area is 141 Å². The van der Waals surface area contributed by atoms with Gasteiger partial charge in [-0.1, -0.05) is 41.9 Å². The van der Waals surface area contributed by atoms with Gasteiger partial charge in [0, 0.05) is 17.6 Å². The van der Waals surface area contributed by atoms with E-state index in [1.165, 1.54) is 4.31 Å². The number of benzene rings is 2. The van der Waals surface area contributed by atoms with Crippen molar-refractivity contribution in [3.05, 3.63) is 65.2 Å². The predicted molar refractivity (Wildman–Crippen MR) is 89.9 cm³/mol. The lowest BCUT2D eigenvalue weighted by molar-refractivity contribution is 0.295. The van der Waals surface area contributed by atoms with E-state index in [1.807, 2.05) is 19.1 Å². The maximum Gasteiger partial charge on any atom is 0.243 e. The Bertz CT molecular complexity index is 775. The van der Waals surface area contributed by atoms with Crippen LogP contribution in [-0.2, 0) is 14.8 Å². The first-order chi connectivity index (χ1) is 11.0. The van der Waals surface area contributed by atoms with Gasteiger partial charge in [0.25, 0.3) is 0 Å². The van der Waals surface area contributed by atoms with Crippen molar-refractivity contribution in [2.45, 2.75) is 24.0 Å². The highest BCUT2D eigenvalue weighted by Gasteiger charge is 2.36. The van der Waals surface area contributed by atoms with Crippen LogP contribution in [0.5, 0.6) is 0 Å². The third kappa shape index (κ3) is 3.75. The minimum Gasteiger partial charge on any atom is -0.372 e. The number of hydrogen-bond acceptors (Lipinski definition) is 3. The Morgan fingerprint density at radius 3 is 2.52 bits per heavy atom. The van der Waals surface area contributed by atoms with E-state index in [0.717, 1.165) is 5.56 Å². The van der Waals surface area contributed by atoms with Crippen LogP contribution in [0, 0.1) is 0 Å². The van der Waals surface area contributed by atoms with Crippen molar-refractivity contribution < 1.29 is 13.2 Å². The zero-order chi connectivity index (χ0) is 16.4. The van der Waals surface area contributed by atoms with Gasteiger partial charge in [-0.2, -0.15) is 4.31 Å². The lowest BCUT2D eigenvalue weighted by atomic mass is 10.1. The maximum atomic E-state index is 13.0. The molecule has 0 aromatic heterocycles. The van der Waals surface area contributed by atoms with E-state index in [1.54, 1.807) is 42.5 Å². The summed E-state index contributed by atoms with van der Waals surface area (Å²) in [7, 11) is -3.61. The number of sulfonamides is 1. The monoisotopic (exact) mass is 351 g/mol. The lowest BCUT2D eigenvalue weighted by Crippen LogP contribution is -2.36. The molecule has 1 saturated heterocycles. The predicted octanol–water partition coefficient (Wildman–Crippen LogP) is 3.49. The molecule has 0 bridgehead atoms. The van der Waals surface area contributed by atoms with Gasteiger partial charge >= 0.3 is 0 Å². The van der Waals surface area contributed by atoms with Crippen LogP contribution in [0.2, 0.25) is 5.02 Å². The Kier molecular flexibility index (Phi) is 4.73. The van der Waals surface area contributed by atoms with Gasteiger partial charge in [0.05, 0.1) is 17.6 Å². The van der Waals surface area contributed by atoms with Crippen LogP contribution in [0.15, 0.2) is 59.5 Å². The Morgan fingerprint density at radius 2 is 1.91 bits per heavy atom. The lowest BCUT2D eigenvalue weighted by Gasteiger charge is -2.28. The summed E-state index contributed by atoms with van der Waals surface area (Å²) in [5, 5.41) is 0.592. The smallest absolute Gasteiger partial charge is 0.243 e. The molecule has 0 radical (unpaired) electrons. The zero-order valence-electron chi connectivity index (χ0n) is 12.7. The van der Waals surface area contributed by atoms with Crippen molar-refractivity contribution in [2.75, 3.05) is 13.2 Å². The fourth-order valence-corrected chi connectivity index (χ4v) is 4.37. The second-order valence-corrected chi connectivity index (χ2v) is 7.90. The topological polar surface area (TPSA) is 49.9 Å². The molecule has 2 unspecified atom stereocenters. The molecule has 0 aliphatic carbocycles. The van der Waals surface area contributed by atoms with Gasteiger partial charge in [-0.25, -0.2) is 8.42 Å². The molecular formula is C17H18ClNO3S. The van der Waals surface area contributed by atoms with Crippen LogP contribution in [0.1, 0.15) is 18.5 Å². The van der Waals surface area contributed by atoms with Gasteiger partial charge in [-0.05, 0) is 36.8 Å². The van der Waals surface area contributed by atoms with Crippen molar-refractivity contribution in [3.63, 3.8) is 0 Å². The molecule has 1 aliphatic rings. The molecule has 1 aliphatic heterocycles. The molecule has 23 heavy (non-hydrogen) atoms. The summed E-state index contributed by atoms with van der Waals surface area (Å²) in [5.74, 6) is 0. The molecule has 3 rings (SSSR count). The summed E-state index contributed by atoms with van der Waals surface area (Å²) in [6.45, 7) is 2.81. The molecule has 6 heteroatoms. The van der Waals surface area contributed by atoms with Gasteiger partial charge in [0.15, 0.2) is 0 Å². The van der Waals surface area contributed by atoms with Gasteiger partial charge in [0.2, 0.25) is 10.0 Å². The highest BCUT2D eigenvalue weighted by Crippen LogP contribution is 2.30. The Hall–Kier alpha value is -1.40. The minimum absolute atomic E-state index is 0.0323. The van der Waals surface area contributed by atoms with Crippen molar-refractivity contribution in [1.29, 1.82) is 0 Å². The van der Waals surface area contributed by atoms with Crippen LogP contribution in [-0.4, -0.2) is 32.0 Å². The summed E-state index contributed by atoms with van der Waals surface area (Å²) in [5.41, 5.74) is 0.859. The van der Waals surface area contributed by atoms with Crippen LogP contribution in [0.3, 0.4) is 0 Å². The quantitative estimate of drug-likeness (QED) is 0.748. The molecule has 122 valence electrons. The standard InChI is InChI=1S/C17H18ClNO3S/c1-13(14-6-5-7-15(18)10-14)19(11-16-12-22-16)23(20,21)17-8-3-2-4-9-17/h2-10,13,16H,11-12H2,1H3. The molecule has 2 atom stereocenters. The molecule has 0 N–H and O–H groups in total. The van der Waals surface area contributed by atoms with E-state index in [9.17, 15) is 8.42 Å². The summed E-state index contributed by atoms with van der Waals surface area (Å²) < 4.78 is 32.8. The Morgan fingerprint density at radius 1 is 1.22 bits per heavy atom. The number of ether oxygens (including phenoxy) is 1. The summed E-state index contributed by atoms with van der Waals surface area (Å²) >= 11 is 6.05. The van der Waals surface area contributed by atoms with E-state index >= 15 is 0 Å². The van der Waals surface area contributed by atoms with Gasteiger partial charge < -0.3 is 4.74 Å². The fourth-order valence-electron chi connectivity index (χ4n) is 2.50. The van der Waals surface area contributed by atoms with Crippen LogP contribution < -0.4 is 0 Å². The number of hydrogen-bond donors (Lipinski definition) is 0. The van der Waals surface area contributed by atoms with E-state index in [0.29, 0.717) is 18.2 Å². The number of halogens is 1. The first-order valence-corrected chi connectivity index (χ1v) is 9.24. The summed E-state index contributed by atoms with van der Waals surface area (Å²) in [6.07, 6.45) is -0.0323. The van der Waals surface area contributed by atoms with Crippen LogP contribution in [0.4, 0.5) is 0 Å². The maximum absolute atomic E-state index is 13.0. The van der Waals surface area contributed by atoms with Gasteiger partial charge in [-0.3, -0.25) is 0 Å². The van der Waals surface area contributed by atoms with Gasteiger partial charge in [-0.15, -0.1) is 0 Å². The highest BCUT2D eigenvalue weighted by atomic mass is 35.5. The number of epoxide rings is 1. The third-order valence-electron chi connectivity index (χ3n) is 3.90. The molecule has 0 amide bonds. The SMILES string of the molecule is CC(c1cccc(Cl)c1)N(CC1CO1)S(=O)(=O)c1ccccc1. The highest BCUT2D eigenvalue weighted by molar-refractivity contribution is 7.89. The largest absolute Gasteiger partial charge is 0.372 e. The second kappa shape index (κ2) is 6.61. The summed E-state index contributed by atoms with van der Waals surface area (Å²) in [4.78, 5) is 0.287. The first-order valence-electron chi connectivity index (χ1n) is 7.42. The molecule has 1 heterocycles. The second-order valence-electron chi connectivity index (χ2n) is 5.57. The number of nitrogens with zero attached hydrogens (tertiary/aromatic N) is 1. The molecule has 1 fully saturated rings. The average molecular weight is 352 g/mol. The Balaban J connectivity index is 1.97. The molecule has 0 saturated carbocycles. The van der Waals surface area contributed by atoms with Crippen molar-refractivity contribution in [2.24, 2.45) is 0 Å². The van der Waals surface area contributed by atoms with E-state index in [4.69, 9.17) is 16.3 Å².